The number of benzene rings is 1. The van der Waals surface area contributed by atoms with Gasteiger partial charge in [-0.2, -0.15) is 0 Å². The Hall–Kier alpha value is -1.01. The third kappa shape index (κ3) is 4.54. The van der Waals surface area contributed by atoms with Gasteiger partial charge in [-0.25, -0.2) is 4.39 Å². The standard InChI is InChI=1S/C14H20FNO3/c15-14-4-2-1-3-10(14)8-19-9-13(18)7-16-11-5-12(17)6-11/h1-4,11-13,16-18H,5-9H2. The van der Waals surface area contributed by atoms with E-state index in [0.29, 0.717) is 12.1 Å². The average Bonchev–Trinajstić information content (AvgIpc) is 2.35. The van der Waals surface area contributed by atoms with Crippen LogP contribution in [-0.2, 0) is 11.3 Å². The Bertz CT molecular complexity index is 396. The summed E-state index contributed by atoms with van der Waals surface area (Å²) in [4.78, 5) is 0. The molecule has 2 rings (SSSR count). The van der Waals surface area contributed by atoms with Gasteiger partial charge in [0, 0.05) is 18.2 Å². The Morgan fingerprint density at radius 1 is 1.37 bits per heavy atom. The van der Waals surface area contributed by atoms with Gasteiger partial charge in [-0.05, 0) is 18.9 Å². The molecule has 1 fully saturated rings. The molecular formula is C14H20FNO3. The van der Waals surface area contributed by atoms with E-state index in [1.807, 2.05) is 0 Å². The van der Waals surface area contributed by atoms with Crippen LogP contribution in [-0.4, -0.2) is 41.6 Å². The molecule has 1 aromatic rings. The van der Waals surface area contributed by atoms with Crippen LogP contribution in [0.1, 0.15) is 18.4 Å². The van der Waals surface area contributed by atoms with E-state index < -0.39 is 6.10 Å². The first-order valence-electron chi connectivity index (χ1n) is 6.56. The highest BCUT2D eigenvalue weighted by molar-refractivity contribution is 5.16. The summed E-state index contributed by atoms with van der Waals surface area (Å²) in [6, 6.07) is 6.72. The first-order valence-corrected chi connectivity index (χ1v) is 6.56. The summed E-state index contributed by atoms with van der Waals surface area (Å²) in [6.45, 7) is 0.747. The number of aliphatic hydroxyl groups is 2. The van der Waals surface area contributed by atoms with Gasteiger partial charge in [0.25, 0.3) is 0 Å². The second kappa shape index (κ2) is 6.96. The minimum absolute atomic E-state index is 0.159. The molecule has 0 radical (unpaired) electrons. The van der Waals surface area contributed by atoms with Gasteiger partial charge in [0.05, 0.1) is 25.4 Å². The number of ether oxygens (including phenoxy) is 1. The van der Waals surface area contributed by atoms with Crippen LogP contribution in [0, 0.1) is 5.82 Å². The lowest BCUT2D eigenvalue weighted by atomic mass is 9.89. The van der Waals surface area contributed by atoms with Crippen molar-refractivity contribution in [3.63, 3.8) is 0 Å². The molecule has 1 unspecified atom stereocenters. The van der Waals surface area contributed by atoms with Crippen LogP contribution in [0.15, 0.2) is 24.3 Å². The molecule has 0 saturated heterocycles. The van der Waals surface area contributed by atoms with Crippen molar-refractivity contribution in [3.8, 4) is 0 Å². The average molecular weight is 269 g/mol. The summed E-state index contributed by atoms with van der Waals surface area (Å²) in [5.41, 5.74) is 0.491. The van der Waals surface area contributed by atoms with Crippen LogP contribution < -0.4 is 5.32 Å². The molecule has 0 spiro atoms. The van der Waals surface area contributed by atoms with E-state index in [2.05, 4.69) is 5.32 Å². The highest BCUT2D eigenvalue weighted by Gasteiger charge is 2.26. The molecule has 1 aromatic carbocycles. The predicted octanol–water partition coefficient (Wildman–Crippen LogP) is 0.816. The van der Waals surface area contributed by atoms with Gasteiger partial charge in [-0.15, -0.1) is 0 Å². The summed E-state index contributed by atoms with van der Waals surface area (Å²) in [6.07, 6.45) is 0.655. The first-order chi connectivity index (χ1) is 9.15. The normalized spacial score (nSPS) is 23.9. The van der Waals surface area contributed by atoms with Crippen LogP contribution in [0.5, 0.6) is 0 Å². The number of hydrogen-bond donors (Lipinski definition) is 3. The van der Waals surface area contributed by atoms with Crippen LogP contribution in [0.4, 0.5) is 4.39 Å². The fourth-order valence-corrected chi connectivity index (χ4v) is 2.04. The third-order valence-corrected chi connectivity index (χ3v) is 3.28. The molecule has 1 atom stereocenters. The Morgan fingerprint density at radius 2 is 2.11 bits per heavy atom. The molecule has 0 amide bonds. The zero-order valence-electron chi connectivity index (χ0n) is 10.8. The van der Waals surface area contributed by atoms with Gasteiger partial charge in [0.15, 0.2) is 0 Å². The van der Waals surface area contributed by atoms with E-state index in [1.165, 1.54) is 6.07 Å². The van der Waals surface area contributed by atoms with Gasteiger partial charge < -0.3 is 20.3 Å². The van der Waals surface area contributed by atoms with Gasteiger partial charge in [-0.3, -0.25) is 0 Å². The second-order valence-electron chi connectivity index (χ2n) is 4.99. The van der Waals surface area contributed by atoms with E-state index in [1.54, 1.807) is 18.2 Å². The highest BCUT2D eigenvalue weighted by Crippen LogP contribution is 2.19. The zero-order valence-corrected chi connectivity index (χ0v) is 10.8. The Morgan fingerprint density at radius 3 is 2.79 bits per heavy atom. The van der Waals surface area contributed by atoms with E-state index in [9.17, 15) is 9.50 Å². The summed E-state index contributed by atoms with van der Waals surface area (Å²) < 4.78 is 18.6. The SMILES string of the molecule is OC(CNC1CC(O)C1)COCc1ccccc1F. The van der Waals surface area contributed by atoms with Crippen molar-refractivity contribution in [2.75, 3.05) is 13.2 Å². The lowest BCUT2D eigenvalue weighted by Crippen LogP contribution is -2.47. The quantitative estimate of drug-likeness (QED) is 0.686. The minimum Gasteiger partial charge on any atom is -0.393 e. The van der Waals surface area contributed by atoms with Crippen molar-refractivity contribution < 1.29 is 19.3 Å². The Balaban J connectivity index is 1.59. The fraction of sp³-hybridized carbons (Fsp3) is 0.571. The molecule has 0 heterocycles. The molecule has 106 valence electrons. The lowest BCUT2D eigenvalue weighted by molar-refractivity contribution is 0.0165. The van der Waals surface area contributed by atoms with Gasteiger partial charge in [-0.1, -0.05) is 18.2 Å². The van der Waals surface area contributed by atoms with Crippen molar-refractivity contribution in [2.45, 2.75) is 37.7 Å². The fourth-order valence-electron chi connectivity index (χ4n) is 2.04. The number of halogens is 1. The summed E-state index contributed by atoms with van der Waals surface area (Å²) in [7, 11) is 0. The molecule has 1 aliphatic rings. The third-order valence-electron chi connectivity index (χ3n) is 3.28. The number of aliphatic hydroxyl groups excluding tert-OH is 2. The maximum absolute atomic E-state index is 13.3. The predicted molar refractivity (Wildman–Crippen MR) is 69.1 cm³/mol. The zero-order chi connectivity index (χ0) is 13.7. The molecule has 1 saturated carbocycles. The summed E-state index contributed by atoms with van der Waals surface area (Å²) in [5.74, 6) is -0.293. The number of rotatable bonds is 7. The second-order valence-corrected chi connectivity index (χ2v) is 4.99. The van der Waals surface area contributed by atoms with Crippen LogP contribution >= 0.6 is 0 Å². The van der Waals surface area contributed by atoms with E-state index in [-0.39, 0.29) is 31.2 Å². The van der Waals surface area contributed by atoms with Gasteiger partial charge in [0.1, 0.15) is 5.82 Å². The van der Waals surface area contributed by atoms with Gasteiger partial charge in [0.2, 0.25) is 0 Å². The molecule has 5 heteroatoms. The van der Waals surface area contributed by atoms with E-state index in [4.69, 9.17) is 9.84 Å². The molecule has 0 aromatic heterocycles. The topological polar surface area (TPSA) is 61.7 Å². The Labute approximate surface area is 112 Å². The molecule has 0 aliphatic heterocycles. The van der Waals surface area contributed by atoms with E-state index in [0.717, 1.165) is 12.8 Å². The first kappa shape index (κ1) is 14.4. The van der Waals surface area contributed by atoms with Crippen molar-refractivity contribution in [3.05, 3.63) is 35.6 Å². The smallest absolute Gasteiger partial charge is 0.128 e. The van der Waals surface area contributed by atoms with Crippen LogP contribution in [0.2, 0.25) is 0 Å². The van der Waals surface area contributed by atoms with Crippen molar-refractivity contribution in [1.29, 1.82) is 0 Å². The van der Waals surface area contributed by atoms with Crippen molar-refractivity contribution in [2.24, 2.45) is 0 Å². The van der Waals surface area contributed by atoms with Crippen molar-refractivity contribution in [1.82, 2.24) is 5.32 Å². The molecule has 1 aliphatic carbocycles. The highest BCUT2D eigenvalue weighted by atomic mass is 19.1. The molecule has 19 heavy (non-hydrogen) atoms. The maximum atomic E-state index is 13.3. The minimum atomic E-state index is -0.621. The monoisotopic (exact) mass is 269 g/mol. The Kier molecular flexibility index (Phi) is 5.27. The van der Waals surface area contributed by atoms with Crippen LogP contribution in [0.3, 0.4) is 0 Å². The molecule has 0 bridgehead atoms. The molecule has 4 nitrogen and oxygen atoms in total. The number of hydrogen-bond acceptors (Lipinski definition) is 4. The summed E-state index contributed by atoms with van der Waals surface area (Å²) in [5, 5.41) is 21.9. The molecular weight excluding hydrogens is 249 g/mol. The maximum Gasteiger partial charge on any atom is 0.128 e. The van der Waals surface area contributed by atoms with Gasteiger partial charge >= 0.3 is 0 Å². The van der Waals surface area contributed by atoms with Crippen molar-refractivity contribution >= 4 is 0 Å². The van der Waals surface area contributed by atoms with E-state index >= 15 is 0 Å². The van der Waals surface area contributed by atoms with Crippen LogP contribution in [0.25, 0.3) is 0 Å². The lowest BCUT2D eigenvalue weighted by Gasteiger charge is -2.32. The largest absolute Gasteiger partial charge is 0.393 e. The number of nitrogens with one attached hydrogen (secondary N) is 1. The molecule has 3 N–H and O–H groups in total. The summed E-state index contributed by atoms with van der Waals surface area (Å²) >= 11 is 0.